The van der Waals surface area contributed by atoms with E-state index < -0.39 is 36.1 Å². The average Bonchev–Trinajstić information content (AvgIpc) is 3.14. The predicted molar refractivity (Wildman–Crippen MR) is 152 cm³/mol. The molecule has 0 aliphatic carbocycles. The molecule has 0 saturated carbocycles. The average molecular weight is 604 g/mol. The van der Waals surface area contributed by atoms with Gasteiger partial charge in [0.15, 0.2) is 0 Å². The quantitative estimate of drug-likeness (QED) is 0.243. The molecule has 0 fully saturated rings. The molecule has 0 aromatic heterocycles. The highest BCUT2D eigenvalue weighted by Gasteiger charge is 2.37. The lowest BCUT2D eigenvalue weighted by Gasteiger charge is -2.30. The summed E-state index contributed by atoms with van der Waals surface area (Å²) in [4.78, 5) is 21.2. The molecule has 0 atom stereocenters. The Morgan fingerprint density at radius 2 is 1.44 bits per heavy atom. The molecule has 0 spiro atoms. The molecule has 228 valence electrons. The maximum Gasteiger partial charge on any atom is 0.416 e. The minimum Gasteiger partial charge on any atom is -0.450 e. The first-order valence-electron chi connectivity index (χ1n) is 13.7. The Morgan fingerprint density at radius 3 is 2.05 bits per heavy atom. The van der Waals surface area contributed by atoms with Crippen LogP contribution in [0.2, 0.25) is 0 Å². The molecule has 3 aromatic carbocycles. The van der Waals surface area contributed by atoms with Gasteiger partial charge < -0.3 is 9.64 Å². The number of allylic oxidation sites excluding steroid dienone is 1. The van der Waals surface area contributed by atoms with E-state index in [1.165, 1.54) is 0 Å². The molecule has 5 nitrogen and oxygen atoms in total. The van der Waals surface area contributed by atoms with E-state index in [4.69, 9.17) is 9.73 Å². The third-order valence-corrected chi connectivity index (χ3v) is 6.88. The van der Waals surface area contributed by atoms with Crippen LogP contribution >= 0.6 is 0 Å². The summed E-state index contributed by atoms with van der Waals surface area (Å²) in [6, 6.07) is 18.5. The Morgan fingerprint density at radius 1 is 0.814 bits per heavy atom. The number of carbonyl (C=O) groups excluding carboxylic acids is 1. The van der Waals surface area contributed by atoms with Crippen molar-refractivity contribution >= 4 is 17.6 Å². The van der Waals surface area contributed by atoms with Gasteiger partial charge in [-0.05, 0) is 61.2 Å². The second-order valence-electron chi connectivity index (χ2n) is 9.97. The number of aliphatic imine (C=N–C) groups is 1. The van der Waals surface area contributed by atoms with Crippen molar-refractivity contribution in [1.82, 2.24) is 9.80 Å². The number of alkyl halides is 6. The van der Waals surface area contributed by atoms with Crippen molar-refractivity contribution in [2.24, 2.45) is 4.99 Å². The molecular formula is C32H31F6N3O2. The SMILES string of the molecule is CCOC(=O)N(CC1=CCc2ccccc2N=C1N(CC)Cc1ccccc1)Cc1cc(C(F)(F)F)cc(C(F)(F)F)c1. The molecular weight excluding hydrogens is 572 g/mol. The number of hydrogen-bond acceptors (Lipinski definition) is 4. The molecule has 0 bridgehead atoms. The molecule has 1 amide bonds. The van der Waals surface area contributed by atoms with Crippen LogP contribution in [0.1, 0.15) is 41.7 Å². The zero-order chi connectivity index (χ0) is 31.2. The highest BCUT2D eigenvalue weighted by atomic mass is 19.4. The summed E-state index contributed by atoms with van der Waals surface area (Å²) in [5.41, 5.74) is 0.0228. The number of amidine groups is 1. The van der Waals surface area contributed by atoms with Gasteiger partial charge in [-0.15, -0.1) is 0 Å². The molecule has 1 aliphatic rings. The third-order valence-electron chi connectivity index (χ3n) is 6.88. The van der Waals surface area contributed by atoms with Gasteiger partial charge >= 0.3 is 18.4 Å². The van der Waals surface area contributed by atoms with E-state index in [1.54, 1.807) is 6.92 Å². The lowest BCUT2D eigenvalue weighted by molar-refractivity contribution is -0.143. The zero-order valence-electron chi connectivity index (χ0n) is 23.7. The van der Waals surface area contributed by atoms with Crippen LogP contribution in [0.15, 0.2) is 89.4 Å². The number of nitrogens with zero attached hydrogens (tertiary/aromatic N) is 3. The van der Waals surface area contributed by atoms with Crippen molar-refractivity contribution in [3.8, 4) is 0 Å². The summed E-state index contributed by atoms with van der Waals surface area (Å²) >= 11 is 0. The van der Waals surface area contributed by atoms with Gasteiger partial charge in [0.25, 0.3) is 0 Å². The van der Waals surface area contributed by atoms with Crippen molar-refractivity contribution in [3.05, 3.63) is 112 Å². The minimum atomic E-state index is -5.01. The second kappa shape index (κ2) is 13.4. The highest BCUT2D eigenvalue weighted by Crippen LogP contribution is 2.37. The van der Waals surface area contributed by atoms with E-state index in [9.17, 15) is 31.1 Å². The van der Waals surface area contributed by atoms with Gasteiger partial charge in [0.2, 0.25) is 0 Å². The molecule has 0 radical (unpaired) electrons. The van der Waals surface area contributed by atoms with Crippen molar-refractivity contribution in [2.45, 2.75) is 45.7 Å². The number of rotatable bonds is 8. The lowest BCUT2D eigenvalue weighted by Crippen LogP contribution is -2.39. The van der Waals surface area contributed by atoms with E-state index in [1.807, 2.05) is 72.5 Å². The van der Waals surface area contributed by atoms with E-state index in [-0.39, 0.29) is 24.8 Å². The number of ether oxygens (including phenoxy) is 1. The first kappa shape index (κ1) is 31.7. The first-order chi connectivity index (χ1) is 20.4. The minimum absolute atomic E-state index is 0.0355. The Hall–Kier alpha value is -4.28. The van der Waals surface area contributed by atoms with Gasteiger partial charge in [-0.3, -0.25) is 4.90 Å². The first-order valence-corrected chi connectivity index (χ1v) is 13.7. The summed E-state index contributed by atoms with van der Waals surface area (Å²) in [5.74, 6) is 0.547. The largest absolute Gasteiger partial charge is 0.450 e. The summed E-state index contributed by atoms with van der Waals surface area (Å²) in [6.07, 6.45) is -8.56. The van der Waals surface area contributed by atoms with Crippen LogP contribution < -0.4 is 0 Å². The van der Waals surface area contributed by atoms with E-state index >= 15 is 0 Å². The lowest BCUT2D eigenvalue weighted by atomic mass is 10.0. The van der Waals surface area contributed by atoms with Crippen molar-refractivity contribution in [2.75, 3.05) is 19.7 Å². The second-order valence-corrected chi connectivity index (χ2v) is 9.97. The molecule has 4 rings (SSSR count). The number of halogens is 6. The van der Waals surface area contributed by atoms with E-state index in [0.29, 0.717) is 43.1 Å². The monoisotopic (exact) mass is 603 g/mol. The highest BCUT2D eigenvalue weighted by molar-refractivity contribution is 6.01. The Bertz CT molecular complexity index is 1450. The summed E-state index contributed by atoms with van der Waals surface area (Å²) in [6.45, 7) is 3.79. The molecule has 1 aliphatic heterocycles. The van der Waals surface area contributed by atoms with Gasteiger partial charge in [0.1, 0.15) is 5.84 Å². The fourth-order valence-electron chi connectivity index (χ4n) is 4.79. The van der Waals surface area contributed by atoms with Gasteiger partial charge in [-0.2, -0.15) is 26.3 Å². The molecule has 11 heteroatoms. The Kier molecular flexibility index (Phi) is 9.83. The van der Waals surface area contributed by atoms with Crippen LogP contribution in [0.5, 0.6) is 0 Å². The topological polar surface area (TPSA) is 45.1 Å². The normalized spacial score (nSPS) is 13.4. The molecule has 3 aromatic rings. The number of hydrogen-bond donors (Lipinski definition) is 0. The number of benzene rings is 3. The molecule has 43 heavy (non-hydrogen) atoms. The molecule has 0 saturated heterocycles. The number of amides is 1. The fraction of sp³-hybridized carbons (Fsp3) is 0.312. The summed E-state index contributed by atoms with van der Waals surface area (Å²) < 4.78 is 86.5. The van der Waals surface area contributed by atoms with Crippen molar-refractivity contribution < 1.29 is 35.9 Å². The fourth-order valence-corrected chi connectivity index (χ4v) is 4.79. The zero-order valence-corrected chi connectivity index (χ0v) is 23.7. The van der Waals surface area contributed by atoms with Crippen molar-refractivity contribution in [1.29, 1.82) is 0 Å². The smallest absolute Gasteiger partial charge is 0.416 e. The van der Waals surface area contributed by atoms with Crippen LogP contribution in [0.4, 0.5) is 36.8 Å². The number of para-hydroxylation sites is 1. The van der Waals surface area contributed by atoms with E-state index in [0.717, 1.165) is 21.7 Å². The van der Waals surface area contributed by atoms with E-state index in [2.05, 4.69) is 0 Å². The predicted octanol–water partition coefficient (Wildman–Crippen LogP) is 8.42. The van der Waals surface area contributed by atoms with Crippen molar-refractivity contribution in [3.63, 3.8) is 0 Å². The molecule has 1 heterocycles. The van der Waals surface area contributed by atoms with Crippen LogP contribution in [-0.2, 0) is 36.6 Å². The van der Waals surface area contributed by atoms with Crippen LogP contribution in [0.3, 0.4) is 0 Å². The Balaban J connectivity index is 1.75. The van der Waals surface area contributed by atoms with Crippen LogP contribution in [0, 0.1) is 0 Å². The number of likely N-dealkylation sites (N-methyl/N-ethyl adjacent to an activating group) is 1. The van der Waals surface area contributed by atoms with Gasteiger partial charge in [0, 0.05) is 25.2 Å². The number of carbonyl (C=O) groups is 1. The Labute approximate surface area is 246 Å². The maximum absolute atomic E-state index is 13.6. The number of fused-ring (bicyclic) bond motifs is 1. The molecule has 0 N–H and O–H groups in total. The van der Waals surface area contributed by atoms with Gasteiger partial charge in [-0.1, -0.05) is 54.6 Å². The summed E-state index contributed by atoms with van der Waals surface area (Å²) in [7, 11) is 0. The van der Waals surface area contributed by atoms with Gasteiger partial charge in [-0.25, -0.2) is 9.79 Å². The molecule has 0 unspecified atom stereocenters. The maximum atomic E-state index is 13.6. The van der Waals surface area contributed by atoms with Crippen LogP contribution in [0.25, 0.3) is 0 Å². The van der Waals surface area contributed by atoms with Gasteiger partial charge in [0.05, 0.1) is 30.0 Å². The standard InChI is InChI=1S/C32H31F6N3O2/c1-3-40(19-22-10-6-5-7-11-22)29-25(15-14-24-12-8-9-13-28(24)39-29)21-41(30(42)43-4-2)20-23-16-26(31(33,34)35)18-27(17-23)32(36,37)38/h5-13,15-18H,3-4,14,19-21H2,1-2H3. The van der Waals surface area contributed by atoms with Crippen LogP contribution in [-0.4, -0.2) is 41.4 Å². The summed E-state index contributed by atoms with van der Waals surface area (Å²) in [5, 5.41) is 0. The third kappa shape index (κ3) is 8.18.